The Hall–Kier alpha value is 0.0281. The summed E-state index contributed by atoms with van der Waals surface area (Å²) in [5.74, 6) is 0. The van der Waals surface area contributed by atoms with Crippen molar-refractivity contribution in [3.8, 4) is 0 Å². The summed E-state index contributed by atoms with van der Waals surface area (Å²) in [6.07, 6.45) is 17.7. The minimum absolute atomic E-state index is 0. The van der Waals surface area contributed by atoms with Crippen LogP contribution >= 0.6 is 0 Å². The van der Waals surface area contributed by atoms with Crippen molar-refractivity contribution < 1.29 is 21.7 Å². The maximum atomic E-state index is 4.96. The third-order valence-electron chi connectivity index (χ3n) is 4.37. The molecule has 0 aliphatic heterocycles. The molecule has 0 amide bonds. The molecular weight excluding hydrogens is 420 g/mol. The van der Waals surface area contributed by atoms with Gasteiger partial charge in [0.1, 0.15) is 0 Å². The first kappa shape index (κ1) is 33.7. The van der Waals surface area contributed by atoms with E-state index in [1.807, 2.05) is 0 Å². The first-order valence-electron chi connectivity index (χ1n) is 9.81. The summed E-state index contributed by atoms with van der Waals surface area (Å²) in [4.78, 5) is 9.92. The van der Waals surface area contributed by atoms with Crippen molar-refractivity contribution in [3.63, 3.8) is 0 Å². The Morgan fingerprint density at radius 1 is 0.552 bits per heavy atom. The summed E-state index contributed by atoms with van der Waals surface area (Å²) in [6, 6.07) is 0. The molecule has 2 nitrogen and oxygen atoms in total. The Balaban J connectivity index is -0.000000422. The normalized spacial score (nSPS) is 16.6. The molecule has 0 heterocycles. The molecule has 0 N–H and O–H groups in total. The fraction of sp³-hybridized carbons (Fsp3) is 0.583. The van der Waals surface area contributed by atoms with Crippen molar-refractivity contribution in [2.24, 2.45) is 0 Å². The van der Waals surface area contributed by atoms with Crippen LogP contribution in [0.5, 0.6) is 0 Å². The van der Waals surface area contributed by atoms with Gasteiger partial charge >= 0.3 is 21.7 Å². The van der Waals surface area contributed by atoms with Crippen molar-refractivity contribution in [1.29, 1.82) is 0 Å². The largest absolute Gasteiger partial charge is 4.00 e. The maximum Gasteiger partial charge on any atom is 4.00 e. The van der Waals surface area contributed by atoms with E-state index < -0.39 is 16.5 Å². The van der Waals surface area contributed by atoms with E-state index in [1.54, 1.807) is 0 Å². The van der Waals surface area contributed by atoms with Crippen LogP contribution in [0.25, 0.3) is 9.96 Å². The van der Waals surface area contributed by atoms with E-state index in [1.165, 1.54) is 0 Å². The maximum absolute atomic E-state index is 4.96. The summed E-state index contributed by atoms with van der Waals surface area (Å²) in [5.41, 5.74) is 1.43. The Morgan fingerprint density at radius 2 is 0.759 bits per heavy atom. The molecule has 2 aliphatic carbocycles. The van der Waals surface area contributed by atoms with Gasteiger partial charge in [0, 0.05) is 0 Å². The number of nitrogens with zero attached hydrogens (tertiary/aromatic N) is 2. The molecule has 5 heteroatoms. The molecule has 0 aromatic rings. The van der Waals surface area contributed by atoms with Gasteiger partial charge in [0.05, 0.1) is 0 Å². The van der Waals surface area contributed by atoms with E-state index in [9.17, 15) is 0 Å². The second-order valence-corrected chi connectivity index (χ2v) is 18.9. The molecule has 0 atom stereocenters. The smallest absolute Gasteiger partial charge is 0.659 e. The van der Waals surface area contributed by atoms with Crippen LogP contribution < -0.4 is 0 Å². The van der Waals surface area contributed by atoms with Gasteiger partial charge in [-0.05, 0) is 11.1 Å². The monoisotopic (exact) mass is 466 g/mol. The zero-order valence-corrected chi connectivity index (χ0v) is 24.7. The summed E-state index contributed by atoms with van der Waals surface area (Å²) < 4.78 is 0. The molecular formula is C24H46N2Si2Ti. The third-order valence-corrected chi connectivity index (χ3v) is 10.9. The van der Waals surface area contributed by atoms with E-state index in [4.69, 9.17) is 9.96 Å². The minimum Gasteiger partial charge on any atom is -0.659 e. The number of hydrogen-bond acceptors (Lipinski definition) is 0. The molecule has 2 rings (SSSR count). The molecule has 0 fully saturated rings. The molecule has 0 aromatic heterocycles. The minimum atomic E-state index is -1.45. The Morgan fingerprint density at radius 3 is 0.931 bits per heavy atom. The van der Waals surface area contributed by atoms with Gasteiger partial charge in [0.2, 0.25) is 0 Å². The van der Waals surface area contributed by atoms with Crippen molar-refractivity contribution in [2.45, 2.75) is 89.9 Å². The van der Waals surface area contributed by atoms with E-state index in [-0.39, 0.29) is 47.6 Å². The molecule has 0 unspecified atom stereocenters. The van der Waals surface area contributed by atoms with Gasteiger partial charge in [-0.1, -0.05) is 133 Å². The van der Waals surface area contributed by atoms with Crippen molar-refractivity contribution in [2.75, 3.05) is 0 Å². The fourth-order valence-corrected chi connectivity index (χ4v) is 9.77. The van der Waals surface area contributed by atoms with Crippen LogP contribution in [0.1, 0.15) is 41.5 Å². The van der Waals surface area contributed by atoms with Crippen LogP contribution in [0.2, 0.25) is 37.3 Å². The fourth-order valence-electron chi connectivity index (χ4n) is 3.68. The van der Waals surface area contributed by atoms with Crippen LogP contribution in [0.3, 0.4) is 0 Å². The predicted molar refractivity (Wildman–Crippen MR) is 138 cm³/mol. The van der Waals surface area contributed by atoms with Gasteiger partial charge in [-0.3, -0.25) is 0 Å². The summed E-state index contributed by atoms with van der Waals surface area (Å²) in [5, 5.41) is 0. The SMILES string of the molecule is CC(C)(C)[N-][Si](C)(C)C1C=CC=C1.CC(C)(C)[N-][Si](C)(C)C1C=CC=C1.[CH3-].[CH3-].[Ti+4]. The van der Waals surface area contributed by atoms with Crippen molar-refractivity contribution in [3.05, 3.63) is 73.4 Å². The Labute approximate surface area is 200 Å². The topological polar surface area (TPSA) is 28.2 Å². The molecule has 0 spiro atoms. The van der Waals surface area contributed by atoms with Gasteiger partial charge in [-0.2, -0.15) is 0 Å². The van der Waals surface area contributed by atoms with Crippen LogP contribution in [0.4, 0.5) is 0 Å². The molecule has 164 valence electrons. The molecule has 0 radical (unpaired) electrons. The van der Waals surface area contributed by atoms with Crippen LogP contribution in [-0.2, 0) is 21.7 Å². The van der Waals surface area contributed by atoms with Gasteiger partial charge in [-0.15, -0.1) is 11.1 Å². The first-order chi connectivity index (χ1) is 11.6. The Kier molecular flexibility index (Phi) is 14.8. The third kappa shape index (κ3) is 13.1. The zero-order valence-electron chi connectivity index (χ0n) is 21.2. The predicted octanol–water partition coefficient (Wildman–Crippen LogP) is 8.62. The average Bonchev–Trinajstić information content (AvgIpc) is 3.09. The first-order valence-corrected chi connectivity index (χ1v) is 15.9. The second kappa shape index (κ2) is 12.8. The summed E-state index contributed by atoms with van der Waals surface area (Å²) >= 11 is 0. The molecule has 29 heavy (non-hydrogen) atoms. The molecule has 2 aliphatic rings. The van der Waals surface area contributed by atoms with E-state index in [2.05, 4.69) is 116 Å². The number of rotatable bonds is 4. The van der Waals surface area contributed by atoms with E-state index in [0.717, 1.165) is 0 Å². The van der Waals surface area contributed by atoms with E-state index in [0.29, 0.717) is 11.1 Å². The second-order valence-electron chi connectivity index (χ2n) is 10.5. The average molecular weight is 467 g/mol. The van der Waals surface area contributed by atoms with Gasteiger partial charge in [-0.25, -0.2) is 0 Å². The van der Waals surface area contributed by atoms with Gasteiger partial charge in [0.25, 0.3) is 0 Å². The van der Waals surface area contributed by atoms with Crippen molar-refractivity contribution >= 4 is 16.5 Å². The van der Waals surface area contributed by atoms with Gasteiger partial charge in [0.15, 0.2) is 0 Å². The molecule has 0 saturated carbocycles. The van der Waals surface area contributed by atoms with E-state index >= 15 is 0 Å². The molecule has 0 saturated heterocycles. The summed E-state index contributed by atoms with van der Waals surface area (Å²) in [7, 11) is -2.91. The number of hydrogen-bond donors (Lipinski definition) is 0. The van der Waals surface area contributed by atoms with Gasteiger partial charge < -0.3 is 24.8 Å². The van der Waals surface area contributed by atoms with Crippen molar-refractivity contribution in [1.82, 2.24) is 0 Å². The Bertz CT molecular complexity index is 501. The summed E-state index contributed by atoms with van der Waals surface area (Å²) in [6.45, 7) is 22.5. The van der Waals surface area contributed by atoms with Crippen LogP contribution in [-0.4, -0.2) is 27.5 Å². The number of allylic oxidation sites excluding steroid dienone is 8. The zero-order chi connectivity index (χ0) is 20.2. The standard InChI is InChI=1S/2C11H20NSi.2CH3.Ti/c2*1-11(2,3)12-13(4,5)10-8-6-7-9-10;;;/h2*6-10H,1-5H3;2*1H3;/q4*-1;+4. The molecule has 0 bridgehead atoms. The van der Waals surface area contributed by atoms with Crippen LogP contribution in [0, 0.1) is 14.9 Å². The quantitative estimate of drug-likeness (QED) is 0.293. The van der Waals surface area contributed by atoms with Crippen LogP contribution in [0.15, 0.2) is 48.6 Å². The molecule has 0 aromatic carbocycles.